The van der Waals surface area contributed by atoms with Crippen LogP contribution in [-0.2, 0) is 10.5 Å². The van der Waals surface area contributed by atoms with Crippen molar-refractivity contribution in [3.8, 4) is 0 Å². The molecule has 4 rings (SSSR count). The Morgan fingerprint density at radius 1 is 1.17 bits per heavy atom. The van der Waals surface area contributed by atoms with Crippen LogP contribution >= 0.6 is 11.8 Å². The van der Waals surface area contributed by atoms with Gasteiger partial charge in [-0.05, 0) is 31.2 Å². The van der Waals surface area contributed by atoms with Crippen LogP contribution in [0.1, 0.15) is 11.4 Å². The van der Waals surface area contributed by atoms with Crippen LogP contribution in [0, 0.1) is 6.92 Å². The molecule has 1 aliphatic heterocycles. The first-order valence-corrected chi connectivity index (χ1v) is 9.27. The molecule has 0 saturated carbocycles. The molecule has 0 aliphatic carbocycles. The Hall–Kier alpha value is -1.98. The fourth-order valence-electron chi connectivity index (χ4n) is 3.07. The lowest BCUT2D eigenvalue weighted by Gasteiger charge is -2.29. The van der Waals surface area contributed by atoms with Crippen LogP contribution in [0.3, 0.4) is 0 Å². The maximum absolute atomic E-state index is 5.45. The van der Waals surface area contributed by atoms with E-state index in [2.05, 4.69) is 59.3 Å². The highest BCUT2D eigenvalue weighted by atomic mass is 32.2. The number of hydrogen-bond acceptors (Lipinski definition) is 4. The lowest BCUT2D eigenvalue weighted by atomic mass is 10.2. The molecule has 0 radical (unpaired) electrons. The zero-order valence-corrected chi connectivity index (χ0v) is 14.6. The molecule has 4 nitrogen and oxygen atoms in total. The standard InChI is InChI=1S/C19H21N3OS/c1-14-10-17(22-6-8-23-9-7-22)12-16(20-14)13-24-19-11-15-4-2-3-5-18(15)21-19/h2-5,10-12,21H,6-9,13H2,1H3. The molecule has 0 unspecified atom stereocenters. The molecule has 0 bridgehead atoms. The SMILES string of the molecule is Cc1cc(N2CCOCC2)cc(CSc2cc3ccccc3[nH]2)n1. The summed E-state index contributed by atoms with van der Waals surface area (Å²) in [5.41, 5.74) is 4.65. The molecule has 3 aromatic rings. The number of nitrogens with one attached hydrogen (secondary N) is 1. The second-order valence-corrected chi connectivity index (χ2v) is 7.08. The van der Waals surface area contributed by atoms with Gasteiger partial charge in [0, 0.05) is 41.1 Å². The van der Waals surface area contributed by atoms with Crippen LogP contribution in [0.15, 0.2) is 47.5 Å². The van der Waals surface area contributed by atoms with Crippen LogP contribution in [0.2, 0.25) is 0 Å². The van der Waals surface area contributed by atoms with Gasteiger partial charge in [0.1, 0.15) is 0 Å². The number of para-hydroxylation sites is 1. The molecule has 1 aromatic carbocycles. The first-order chi connectivity index (χ1) is 11.8. The van der Waals surface area contributed by atoms with E-state index in [9.17, 15) is 0 Å². The summed E-state index contributed by atoms with van der Waals surface area (Å²) in [7, 11) is 0. The molecule has 2 aromatic heterocycles. The van der Waals surface area contributed by atoms with Crippen molar-refractivity contribution < 1.29 is 4.74 Å². The number of fused-ring (bicyclic) bond motifs is 1. The topological polar surface area (TPSA) is 41.1 Å². The minimum atomic E-state index is 0.806. The second kappa shape index (κ2) is 6.87. The molecular weight excluding hydrogens is 318 g/mol. The number of aromatic nitrogens is 2. The van der Waals surface area contributed by atoms with Crippen LogP contribution in [-0.4, -0.2) is 36.3 Å². The largest absolute Gasteiger partial charge is 0.378 e. The third kappa shape index (κ3) is 3.42. The predicted molar refractivity (Wildman–Crippen MR) is 99.9 cm³/mol. The zero-order chi connectivity index (χ0) is 16.4. The van der Waals surface area contributed by atoms with E-state index in [1.165, 1.54) is 21.6 Å². The minimum absolute atomic E-state index is 0.806. The summed E-state index contributed by atoms with van der Waals surface area (Å²) in [6.45, 7) is 5.60. The molecule has 1 aliphatic rings. The van der Waals surface area contributed by atoms with Gasteiger partial charge in [-0.25, -0.2) is 0 Å². The fourth-order valence-corrected chi connectivity index (χ4v) is 3.92. The summed E-state index contributed by atoms with van der Waals surface area (Å²) in [6, 6.07) is 15.0. The van der Waals surface area contributed by atoms with E-state index in [-0.39, 0.29) is 0 Å². The van der Waals surface area contributed by atoms with Gasteiger partial charge in [-0.15, -0.1) is 11.8 Å². The first kappa shape index (κ1) is 15.5. The molecule has 24 heavy (non-hydrogen) atoms. The molecule has 1 saturated heterocycles. The number of anilines is 1. The Labute approximate surface area is 146 Å². The molecule has 0 spiro atoms. The van der Waals surface area contributed by atoms with Crippen molar-refractivity contribution in [3.63, 3.8) is 0 Å². The highest BCUT2D eigenvalue weighted by molar-refractivity contribution is 7.98. The Balaban J connectivity index is 1.50. The lowest BCUT2D eigenvalue weighted by molar-refractivity contribution is 0.122. The summed E-state index contributed by atoms with van der Waals surface area (Å²) >= 11 is 1.80. The quantitative estimate of drug-likeness (QED) is 0.730. The Morgan fingerprint density at radius 2 is 2.00 bits per heavy atom. The molecule has 0 amide bonds. The third-order valence-electron chi connectivity index (χ3n) is 4.25. The van der Waals surface area contributed by atoms with Gasteiger partial charge in [0.15, 0.2) is 0 Å². The van der Waals surface area contributed by atoms with Crippen molar-refractivity contribution >= 4 is 28.4 Å². The van der Waals surface area contributed by atoms with Crippen molar-refractivity contribution in [1.82, 2.24) is 9.97 Å². The fraction of sp³-hybridized carbons (Fsp3) is 0.316. The molecule has 124 valence electrons. The van der Waals surface area contributed by atoms with Crippen molar-refractivity contribution in [2.24, 2.45) is 0 Å². The van der Waals surface area contributed by atoms with Gasteiger partial charge in [0.2, 0.25) is 0 Å². The summed E-state index contributed by atoms with van der Waals surface area (Å²) in [4.78, 5) is 10.6. The van der Waals surface area contributed by atoms with Crippen LogP contribution in [0.4, 0.5) is 5.69 Å². The van der Waals surface area contributed by atoms with Gasteiger partial charge in [0.05, 0.1) is 23.9 Å². The molecule has 5 heteroatoms. The second-order valence-electron chi connectivity index (χ2n) is 6.07. The maximum Gasteiger partial charge on any atom is 0.0736 e. The highest BCUT2D eigenvalue weighted by Crippen LogP contribution is 2.27. The smallest absolute Gasteiger partial charge is 0.0736 e. The van der Waals surface area contributed by atoms with E-state index in [0.717, 1.165) is 43.4 Å². The maximum atomic E-state index is 5.45. The lowest BCUT2D eigenvalue weighted by Crippen LogP contribution is -2.36. The van der Waals surface area contributed by atoms with Crippen molar-refractivity contribution in [1.29, 1.82) is 0 Å². The summed E-state index contributed by atoms with van der Waals surface area (Å²) in [5, 5.41) is 2.44. The first-order valence-electron chi connectivity index (χ1n) is 8.29. The van der Waals surface area contributed by atoms with Crippen molar-refractivity contribution in [2.45, 2.75) is 17.7 Å². The monoisotopic (exact) mass is 339 g/mol. The number of thioether (sulfide) groups is 1. The number of rotatable bonds is 4. The molecular formula is C19H21N3OS. The van der Waals surface area contributed by atoms with Gasteiger partial charge in [0.25, 0.3) is 0 Å². The van der Waals surface area contributed by atoms with Crippen molar-refractivity contribution in [2.75, 3.05) is 31.2 Å². The Bertz CT molecular complexity index is 806. The zero-order valence-electron chi connectivity index (χ0n) is 13.8. The van der Waals surface area contributed by atoms with E-state index < -0.39 is 0 Å². The average molecular weight is 339 g/mol. The van der Waals surface area contributed by atoms with Gasteiger partial charge in [-0.2, -0.15) is 0 Å². The predicted octanol–water partition coefficient (Wildman–Crippen LogP) is 4.00. The number of H-pyrrole nitrogens is 1. The van der Waals surface area contributed by atoms with Gasteiger partial charge < -0.3 is 14.6 Å². The van der Waals surface area contributed by atoms with E-state index in [1.807, 2.05) is 0 Å². The van der Waals surface area contributed by atoms with Gasteiger partial charge in [-0.3, -0.25) is 4.98 Å². The summed E-state index contributed by atoms with van der Waals surface area (Å²) in [6.07, 6.45) is 0. The normalized spacial score (nSPS) is 15.1. The van der Waals surface area contributed by atoms with E-state index in [4.69, 9.17) is 9.72 Å². The number of hydrogen-bond donors (Lipinski definition) is 1. The highest BCUT2D eigenvalue weighted by Gasteiger charge is 2.13. The van der Waals surface area contributed by atoms with E-state index in [1.54, 1.807) is 11.8 Å². The molecule has 0 atom stereocenters. The summed E-state index contributed by atoms with van der Waals surface area (Å²) < 4.78 is 5.45. The summed E-state index contributed by atoms with van der Waals surface area (Å²) in [5.74, 6) is 0.867. The van der Waals surface area contributed by atoms with Crippen LogP contribution in [0.25, 0.3) is 10.9 Å². The van der Waals surface area contributed by atoms with Crippen LogP contribution < -0.4 is 4.90 Å². The Morgan fingerprint density at radius 3 is 2.83 bits per heavy atom. The average Bonchev–Trinajstić information content (AvgIpc) is 3.03. The number of benzene rings is 1. The number of pyridine rings is 1. The number of ether oxygens (including phenoxy) is 1. The number of morpholine rings is 1. The third-order valence-corrected chi connectivity index (χ3v) is 5.22. The molecule has 1 fully saturated rings. The van der Waals surface area contributed by atoms with Gasteiger partial charge in [-0.1, -0.05) is 18.2 Å². The number of aromatic amines is 1. The number of aryl methyl sites for hydroxylation is 1. The Kier molecular flexibility index (Phi) is 4.45. The van der Waals surface area contributed by atoms with Gasteiger partial charge >= 0.3 is 0 Å². The van der Waals surface area contributed by atoms with E-state index in [0.29, 0.717) is 0 Å². The molecule has 3 heterocycles. The molecule has 1 N–H and O–H groups in total. The number of nitrogens with zero attached hydrogens (tertiary/aromatic N) is 2. The van der Waals surface area contributed by atoms with Crippen molar-refractivity contribution in [3.05, 3.63) is 53.9 Å². The van der Waals surface area contributed by atoms with E-state index >= 15 is 0 Å². The van der Waals surface area contributed by atoms with Crippen LogP contribution in [0.5, 0.6) is 0 Å². The minimum Gasteiger partial charge on any atom is -0.378 e.